The van der Waals surface area contributed by atoms with Gasteiger partial charge in [0, 0.05) is 12.2 Å². The van der Waals surface area contributed by atoms with Crippen molar-refractivity contribution in [2.24, 2.45) is 0 Å². The molecule has 1 aliphatic rings. The molecule has 0 fully saturated rings. The molecule has 1 heterocycles. The van der Waals surface area contributed by atoms with Gasteiger partial charge in [-0.05, 0) is 12.1 Å². The van der Waals surface area contributed by atoms with Gasteiger partial charge in [-0.25, -0.2) is 4.79 Å². The minimum absolute atomic E-state index is 0. The summed E-state index contributed by atoms with van der Waals surface area (Å²) in [6, 6.07) is 7.19. The molecule has 5 heteroatoms. The third-order valence-electron chi connectivity index (χ3n) is 1.73. The number of aliphatic carboxylic acids is 1. The number of rotatable bonds is 2. The maximum atomic E-state index is 10.2. The number of benzene rings is 1. The standard InChI is InChI=1S/C10H8O4.Pb.2H/c11-9(12)5-6-10-13-7-3-1-2-4-8(7)14-10;;;/h1-6,10H,(H,11,12);;;. The van der Waals surface area contributed by atoms with E-state index in [1.54, 1.807) is 12.1 Å². The van der Waals surface area contributed by atoms with E-state index in [2.05, 4.69) is 0 Å². The first kappa shape index (κ1) is 12.0. The molecule has 4 nitrogen and oxygen atoms in total. The van der Waals surface area contributed by atoms with Gasteiger partial charge in [-0.15, -0.1) is 0 Å². The molecule has 78 valence electrons. The van der Waals surface area contributed by atoms with E-state index in [-0.39, 0.29) is 27.3 Å². The number of carboxylic acids is 1. The van der Waals surface area contributed by atoms with Crippen molar-refractivity contribution in [2.45, 2.75) is 6.29 Å². The van der Waals surface area contributed by atoms with Crippen LogP contribution in [0.2, 0.25) is 0 Å². The molecule has 1 aliphatic heterocycles. The molecule has 0 saturated heterocycles. The van der Waals surface area contributed by atoms with Crippen molar-refractivity contribution in [3.63, 3.8) is 0 Å². The van der Waals surface area contributed by atoms with Crippen LogP contribution >= 0.6 is 0 Å². The van der Waals surface area contributed by atoms with E-state index in [9.17, 15) is 4.79 Å². The van der Waals surface area contributed by atoms with Gasteiger partial charge in [0.2, 0.25) is 0 Å². The minimum atomic E-state index is -1.02. The maximum absolute atomic E-state index is 10.2. The van der Waals surface area contributed by atoms with Crippen molar-refractivity contribution in [3.8, 4) is 11.5 Å². The molecule has 0 bridgehead atoms. The second-order valence-electron chi connectivity index (χ2n) is 2.75. The molecule has 0 aromatic heterocycles. The first-order valence-electron chi connectivity index (χ1n) is 4.09. The molecule has 0 amide bonds. The predicted molar refractivity (Wildman–Crippen MR) is 56.8 cm³/mol. The van der Waals surface area contributed by atoms with E-state index < -0.39 is 12.3 Å². The number of carbonyl (C=O) groups is 1. The molecule has 15 heavy (non-hydrogen) atoms. The van der Waals surface area contributed by atoms with Crippen LogP contribution in [0.5, 0.6) is 11.5 Å². The number of hydrogen-bond donors (Lipinski definition) is 1. The van der Waals surface area contributed by atoms with E-state index in [1.165, 1.54) is 6.08 Å². The zero-order chi connectivity index (χ0) is 9.97. The molecule has 2 rings (SSSR count). The summed E-state index contributed by atoms with van der Waals surface area (Å²) in [5.41, 5.74) is 0. The zero-order valence-corrected chi connectivity index (χ0v) is 13.4. The molecule has 1 N–H and O–H groups in total. The van der Waals surface area contributed by atoms with Crippen LogP contribution in [0.25, 0.3) is 0 Å². The van der Waals surface area contributed by atoms with Crippen LogP contribution in [0, 0.1) is 0 Å². The zero-order valence-electron chi connectivity index (χ0n) is 7.92. The fourth-order valence-corrected chi connectivity index (χ4v) is 1.16. The second-order valence-corrected chi connectivity index (χ2v) is 2.75. The van der Waals surface area contributed by atoms with Gasteiger partial charge in [-0.1, -0.05) is 12.1 Å². The normalized spacial score (nSPS) is 13.9. The third-order valence-corrected chi connectivity index (χ3v) is 1.73. The molecule has 0 unspecified atom stereocenters. The SMILES string of the molecule is O=C(O)C=CC1Oc2ccccc2O1.[PbH2]. The average molecular weight is 401 g/mol. The Labute approximate surface area is 107 Å². The van der Waals surface area contributed by atoms with Crippen molar-refractivity contribution >= 4 is 33.3 Å². The Morgan fingerprint density at radius 2 is 1.80 bits per heavy atom. The number of hydrogen-bond acceptors (Lipinski definition) is 3. The van der Waals surface area contributed by atoms with Crippen molar-refractivity contribution in [2.75, 3.05) is 0 Å². The van der Waals surface area contributed by atoms with E-state index in [4.69, 9.17) is 14.6 Å². The summed E-state index contributed by atoms with van der Waals surface area (Å²) in [6.07, 6.45) is 1.71. The topological polar surface area (TPSA) is 55.8 Å². The molecule has 0 atom stereocenters. The molecular formula is C10H10O4Pb. The average Bonchev–Trinajstić information content (AvgIpc) is 2.57. The Kier molecular flexibility index (Phi) is 4.13. The first-order chi connectivity index (χ1) is 6.75. The monoisotopic (exact) mass is 402 g/mol. The number of carboxylic acid groups (broad SMARTS) is 1. The Balaban J connectivity index is 0.00000112. The van der Waals surface area contributed by atoms with E-state index >= 15 is 0 Å². The van der Waals surface area contributed by atoms with Crippen molar-refractivity contribution in [1.82, 2.24) is 0 Å². The summed E-state index contributed by atoms with van der Waals surface area (Å²) < 4.78 is 10.6. The van der Waals surface area contributed by atoms with Crippen LogP contribution in [0.4, 0.5) is 0 Å². The summed E-state index contributed by atoms with van der Waals surface area (Å²) in [7, 11) is 0. The molecule has 1 aromatic carbocycles. The third kappa shape index (κ3) is 2.95. The second kappa shape index (κ2) is 5.15. The Bertz CT molecular complexity index is 364. The van der Waals surface area contributed by atoms with Gasteiger partial charge in [-0.2, -0.15) is 0 Å². The van der Waals surface area contributed by atoms with Gasteiger partial charge >= 0.3 is 33.3 Å². The van der Waals surface area contributed by atoms with E-state index in [0.29, 0.717) is 11.5 Å². The Morgan fingerprint density at radius 1 is 1.27 bits per heavy atom. The molecular weight excluding hydrogens is 391 g/mol. The van der Waals surface area contributed by atoms with Gasteiger partial charge in [-0.3, -0.25) is 0 Å². The number of para-hydroxylation sites is 2. The van der Waals surface area contributed by atoms with Crippen molar-refractivity contribution in [3.05, 3.63) is 36.4 Å². The van der Waals surface area contributed by atoms with Crippen LogP contribution < -0.4 is 9.47 Å². The van der Waals surface area contributed by atoms with E-state index in [0.717, 1.165) is 6.08 Å². The van der Waals surface area contributed by atoms with Gasteiger partial charge in [0.1, 0.15) is 0 Å². The molecule has 1 aromatic rings. The van der Waals surface area contributed by atoms with E-state index in [1.807, 2.05) is 12.1 Å². The number of ether oxygens (including phenoxy) is 2. The first-order valence-corrected chi connectivity index (χ1v) is 4.09. The summed E-state index contributed by atoms with van der Waals surface area (Å²) in [6.45, 7) is 0. The van der Waals surface area contributed by atoms with Crippen LogP contribution in [0.15, 0.2) is 36.4 Å². The molecule has 0 spiro atoms. The Morgan fingerprint density at radius 3 is 2.27 bits per heavy atom. The van der Waals surface area contributed by atoms with Crippen LogP contribution in [-0.2, 0) is 4.79 Å². The van der Waals surface area contributed by atoms with Crippen molar-refractivity contribution in [1.29, 1.82) is 0 Å². The summed E-state index contributed by atoms with van der Waals surface area (Å²) in [5.74, 6) is 0.244. The fraction of sp³-hybridized carbons (Fsp3) is 0.100. The van der Waals surface area contributed by atoms with Crippen LogP contribution in [0.3, 0.4) is 0 Å². The summed E-state index contributed by atoms with van der Waals surface area (Å²) in [4.78, 5) is 10.2. The van der Waals surface area contributed by atoms with Crippen LogP contribution in [0.1, 0.15) is 0 Å². The van der Waals surface area contributed by atoms with Gasteiger partial charge in [0.05, 0.1) is 0 Å². The molecule has 0 aliphatic carbocycles. The summed E-state index contributed by atoms with van der Waals surface area (Å²) >= 11 is 0. The summed E-state index contributed by atoms with van der Waals surface area (Å²) in [5, 5.41) is 8.39. The number of fused-ring (bicyclic) bond motifs is 1. The quantitative estimate of drug-likeness (QED) is 0.580. The van der Waals surface area contributed by atoms with Crippen molar-refractivity contribution < 1.29 is 19.4 Å². The Hall–Kier alpha value is -1.05. The van der Waals surface area contributed by atoms with Gasteiger partial charge < -0.3 is 14.6 Å². The predicted octanol–water partition coefficient (Wildman–Crippen LogP) is 0.508. The van der Waals surface area contributed by atoms with Crippen LogP contribution in [-0.4, -0.2) is 44.7 Å². The van der Waals surface area contributed by atoms with Gasteiger partial charge in [0.25, 0.3) is 6.29 Å². The molecule has 0 saturated carbocycles. The fourth-order valence-electron chi connectivity index (χ4n) is 1.16. The van der Waals surface area contributed by atoms with Gasteiger partial charge in [0.15, 0.2) is 11.5 Å². The molecule has 2 radical (unpaired) electrons.